The number of hydrogen-bond acceptors (Lipinski definition) is 9. The number of anilines is 3. The van der Waals surface area contributed by atoms with Gasteiger partial charge < -0.3 is 31.5 Å². The highest BCUT2D eigenvalue weighted by atomic mass is 19.1. The highest BCUT2D eigenvalue weighted by Gasteiger charge is 2.24. The summed E-state index contributed by atoms with van der Waals surface area (Å²) in [6.07, 6.45) is 3.71. The van der Waals surface area contributed by atoms with E-state index in [0.29, 0.717) is 17.8 Å². The van der Waals surface area contributed by atoms with E-state index in [4.69, 9.17) is 15.6 Å². The van der Waals surface area contributed by atoms with Gasteiger partial charge in [0.1, 0.15) is 11.5 Å². The first kappa shape index (κ1) is 26.1. The van der Waals surface area contributed by atoms with Gasteiger partial charge in [-0.25, -0.2) is 19.2 Å². The van der Waals surface area contributed by atoms with Crippen molar-refractivity contribution in [1.82, 2.24) is 30.3 Å². The molecule has 36 heavy (non-hydrogen) atoms. The first-order chi connectivity index (χ1) is 17.1. The highest BCUT2D eigenvalue weighted by molar-refractivity contribution is 5.98. The summed E-state index contributed by atoms with van der Waals surface area (Å²) in [6.45, 7) is 5.58. The number of nitrogens with two attached hydrogens (primary N) is 1. The quantitative estimate of drug-likeness (QED) is 0.262. The van der Waals surface area contributed by atoms with E-state index in [1.54, 1.807) is 13.0 Å². The molecule has 2 atom stereocenters. The van der Waals surface area contributed by atoms with Crippen molar-refractivity contribution in [3.05, 3.63) is 42.1 Å². The van der Waals surface area contributed by atoms with Gasteiger partial charge in [-0.3, -0.25) is 4.79 Å². The minimum absolute atomic E-state index is 0.0279. The molecule has 0 unspecified atom stereocenters. The summed E-state index contributed by atoms with van der Waals surface area (Å²) in [5.74, 6) is -1.50. The third-order valence-corrected chi connectivity index (χ3v) is 5.17. The Morgan fingerprint density at radius 3 is 2.47 bits per heavy atom. The Morgan fingerprint density at radius 2 is 1.89 bits per heavy atom. The van der Waals surface area contributed by atoms with Gasteiger partial charge in [-0.05, 0) is 31.4 Å². The molecule has 0 aromatic carbocycles. The predicted molar refractivity (Wildman–Crippen MR) is 129 cm³/mol. The Kier molecular flexibility index (Phi) is 8.19. The number of carbonyl (C=O) groups excluding carboxylic acids is 1. The normalized spacial score (nSPS) is 12.6. The van der Waals surface area contributed by atoms with Crippen LogP contribution in [-0.2, 0) is 0 Å². The molecule has 13 nitrogen and oxygen atoms in total. The number of ether oxygens (including phenoxy) is 1. The maximum Gasteiger partial charge on any atom is 0.404 e. The molecule has 0 aliphatic rings. The van der Waals surface area contributed by atoms with Crippen LogP contribution in [0.5, 0.6) is 5.88 Å². The predicted octanol–water partition coefficient (Wildman–Crippen LogP) is 2.53. The van der Waals surface area contributed by atoms with Gasteiger partial charge >= 0.3 is 6.09 Å². The molecule has 0 aliphatic carbocycles. The van der Waals surface area contributed by atoms with Gasteiger partial charge in [0, 0.05) is 12.1 Å². The molecule has 0 fully saturated rings. The van der Waals surface area contributed by atoms with Gasteiger partial charge in [0.25, 0.3) is 5.91 Å². The molecule has 6 N–H and O–H groups in total. The molecule has 2 amide bonds. The fourth-order valence-corrected chi connectivity index (χ4v) is 3.53. The number of amides is 2. The van der Waals surface area contributed by atoms with Crippen LogP contribution in [0.3, 0.4) is 0 Å². The molecule has 0 aliphatic heterocycles. The number of carboxylic acid groups (broad SMARTS) is 1. The third-order valence-electron chi connectivity index (χ3n) is 5.17. The van der Waals surface area contributed by atoms with Crippen molar-refractivity contribution in [3.8, 4) is 11.6 Å². The first-order valence-corrected chi connectivity index (χ1v) is 11.0. The average Bonchev–Trinajstić information content (AvgIpc) is 3.34. The summed E-state index contributed by atoms with van der Waals surface area (Å²) in [5.41, 5.74) is 6.05. The van der Waals surface area contributed by atoms with Gasteiger partial charge in [-0.2, -0.15) is 10.2 Å². The van der Waals surface area contributed by atoms with Gasteiger partial charge in [0.05, 0.1) is 37.0 Å². The van der Waals surface area contributed by atoms with Crippen LogP contribution in [0.15, 0.2) is 30.7 Å². The van der Waals surface area contributed by atoms with Crippen molar-refractivity contribution in [2.45, 2.75) is 39.3 Å². The minimum atomic E-state index is -1.20. The van der Waals surface area contributed by atoms with Crippen molar-refractivity contribution >= 4 is 29.3 Å². The second kappa shape index (κ2) is 11.3. The van der Waals surface area contributed by atoms with Gasteiger partial charge in [-0.15, -0.1) is 4.80 Å². The number of aromatic nitrogens is 5. The van der Waals surface area contributed by atoms with Crippen molar-refractivity contribution in [2.24, 2.45) is 11.7 Å². The largest absolute Gasteiger partial charge is 0.479 e. The smallest absolute Gasteiger partial charge is 0.404 e. The number of nitrogens with zero attached hydrogens (tertiary/aromatic N) is 5. The van der Waals surface area contributed by atoms with Crippen LogP contribution in [-0.4, -0.2) is 61.3 Å². The van der Waals surface area contributed by atoms with E-state index in [1.165, 1.54) is 30.5 Å². The van der Waals surface area contributed by atoms with E-state index in [9.17, 15) is 14.0 Å². The lowest BCUT2D eigenvalue weighted by Crippen LogP contribution is -2.45. The fourth-order valence-electron chi connectivity index (χ4n) is 3.53. The zero-order valence-corrected chi connectivity index (χ0v) is 20.2. The van der Waals surface area contributed by atoms with E-state index in [0.717, 1.165) is 6.07 Å². The number of methoxy groups -OCH3 is 1. The molecule has 3 aromatic heterocycles. The van der Waals surface area contributed by atoms with Crippen LogP contribution in [0, 0.1) is 11.7 Å². The molecule has 0 radical (unpaired) electrons. The Labute approximate surface area is 206 Å². The van der Waals surface area contributed by atoms with Gasteiger partial charge in [0.15, 0.2) is 11.6 Å². The van der Waals surface area contributed by atoms with Crippen molar-refractivity contribution in [2.75, 3.05) is 17.7 Å². The molecular formula is C22H28FN9O4. The lowest BCUT2D eigenvalue weighted by Gasteiger charge is -2.27. The SMILES string of the molecule is COc1ncc(Nc2nc(N[C@H](CC(C)C)[C@H](C)NC(=O)O)c(F)cc2C(N)=O)cc1-n1nccn1. The average molecular weight is 502 g/mol. The number of pyridine rings is 2. The molecule has 0 spiro atoms. The fraction of sp³-hybridized carbons (Fsp3) is 0.364. The Hall–Kier alpha value is -4.49. The number of rotatable bonds is 11. The molecule has 0 bridgehead atoms. The van der Waals surface area contributed by atoms with E-state index >= 15 is 0 Å². The molecule has 3 aromatic rings. The van der Waals surface area contributed by atoms with Crippen LogP contribution in [0.4, 0.5) is 26.5 Å². The Morgan fingerprint density at radius 1 is 1.19 bits per heavy atom. The second-order valence-corrected chi connectivity index (χ2v) is 8.39. The highest BCUT2D eigenvalue weighted by Crippen LogP contribution is 2.28. The van der Waals surface area contributed by atoms with Gasteiger partial charge in [-0.1, -0.05) is 13.8 Å². The van der Waals surface area contributed by atoms with Crippen LogP contribution in [0.1, 0.15) is 37.6 Å². The molecule has 0 saturated heterocycles. The van der Waals surface area contributed by atoms with Crippen molar-refractivity contribution in [1.29, 1.82) is 0 Å². The molecular weight excluding hydrogens is 473 g/mol. The van der Waals surface area contributed by atoms with E-state index < -0.39 is 29.9 Å². The zero-order valence-electron chi connectivity index (χ0n) is 20.2. The summed E-state index contributed by atoms with van der Waals surface area (Å²) in [7, 11) is 1.45. The van der Waals surface area contributed by atoms with Gasteiger partial charge in [0.2, 0.25) is 5.88 Å². The first-order valence-electron chi connectivity index (χ1n) is 11.0. The Balaban J connectivity index is 1.98. The van der Waals surface area contributed by atoms with E-state index in [-0.39, 0.29) is 29.0 Å². The molecule has 3 rings (SSSR count). The Bertz CT molecular complexity index is 1220. The van der Waals surface area contributed by atoms with Crippen molar-refractivity contribution in [3.63, 3.8) is 0 Å². The maximum absolute atomic E-state index is 15.0. The zero-order chi connectivity index (χ0) is 26.4. The minimum Gasteiger partial charge on any atom is -0.479 e. The maximum atomic E-state index is 15.0. The molecule has 14 heteroatoms. The number of nitrogens with one attached hydrogen (secondary N) is 3. The summed E-state index contributed by atoms with van der Waals surface area (Å²) in [6, 6.07) is 1.52. The van der Waals surface area contributed by atoms with Crippen LogP contribution >= 0.6 is 0 Å². The number of hydrogen-bond donors (Lipinski definition) is 5. The summed E-state index contributed by atoms with van der Waals surface area (Å²) < 4.78 is 20.2. The second-order valence-electron chi connectivity index (χ2n) is 8.39. The van der Waals surface area contributed by atoms with Crippen LogP contribution in [0.2, 0.25) is 0 Å². The molecule has 192 valence electrons. The standard InChI is InChI=1S/C22H28FN9O4/c1-11(2)7-16(12(3)28-22(34)35)30-20-15(23)9-14(18(24)33)19(31-20)29-13-8-17(21(36-4)25-10-13)32-26-5-6-27-32/h5-6,8-12,16,28H,7H2,1-4H3,(H2,24,33)(H,34,35)(H2,29,30,31)/t12-,16+/m0/s1. The van der Waals surface area contributed by atoms with Crippen LogP contribution in [0.25, 0.3) is 5.69 Å². The number of carbonyl (C=O) groups is 2. The third kappa shape index (κ3) is 6.34. The van der Waals surface area contributed by atoms with E-state index in [1.807, 2.05) is 13.8 Å². The topological polar surface area (TPSA) is 182 Å². The van der Waals surface area contributed by atoms with E-state index in [2.05, 4.69) is 36.1 Å². The number of primary amides is 1. The molecule has 0 saturated carbocycles. The molecule has 3 heterocycles. The van der Waals surface area contributed by atoms with Crippen LogP contribution < -0.4 is 26.4 Å². The summed E-state index contributed by atoms with van der Waals surface area (Å²) in [5, 5.41) is 25.5. The summed E-state index contributed by atoms with van der Waals surface area (Å²) in [4.78, 5) is 33.0. The summed E-state index contributed by atoms with van der Waals surface area (Å²) >= 11 is 0. The van der Waals surface area contributed by atoms with Crippen molar-refractivity contribution < 1.29 is 23.8 Å². The number of halogens is 1. The monoisotopic (exact) mass is 501 g/mol. The lowest BCUT2D eigenvalue weighted by molar-refractivity contribution is 0.1000. The lowest BCUT2D eigenvalue weighted by atomic mass is 9.98.